The van der Waals surface area contributed by atoms with Crippen molar-refractivity contribution in [2.45, 2.75) is 0 Å². The van der Waals surface area contributed by atoms with Crippen LogP contribution in [0.4, 0.5) is 22.0 Å². The van der Waals surface area contributed by atoms with E-state index in [4.69, 9.17) is 11.6 Å². The smallest absolute Gasteiger partial charge is 0.349 e. The summed E-state index contributed by atoms with van der Waals surface area (Å²) < 4.78 is 70.8. The molecule has 0 spiro atoms. The Labute approximate surface area is 158 Å². The van der Waals surface area contributed by atoms with Crippen LogP contribution >= 0.6 is 11.6 Å². The predicted molar refractivity (Wildman–Crippen MR) is 88.7 cm³/mol. The highest BCUT2D eigenvalue weighted by molar-refractivity contribution is 6.30. The average molecular weight is 416 g/mol. The molecule has 0 saturated carbocycles. The maximum absolute atomic E-state index is 13.6. The van der Waals surface area contributed by atoms with Crippen molar-refractivity contribution in [3.8, 4) is 17.0 Å². The lowest BCUT2D eigenvalue weighted by atomic mass is 10.1. The van der Waals surface area contributed by atoms with E-state index in [1.807, 2.05) is 0 Å². The number of ether oxygens (including phenoxy) is 1. The van der Waals surface area contributed by atoms with Gasteiger partial charge >= 0.3 is 5.97 Å². The van der Waals surface area contributed by atoms with Gasteiger partial charge in [-0.1, -0.05) is 23.7 Å². The molecule has 3 rings (SSSR count). The Kier molecular flexibility index (Phi) is 5.19. The van der Waals surface area contributed by atoms with Gasteiger partial charge in [0.25, 0.3) is 5.56 Å². The van der Waals surface area contributed by atoms with Crippen molar-refractivity contribution in [3.05, 3.63) is 86.4 Å². The van der Waals surface area contributed by atoms with Crippen molar-refractivity contribution in [2.75, 3.05) is 0 Å². The molecule has 10 heteroatoms. The summed E-state index contributed by atoms with van der Waals surface area (Å²) in [6, 6.07) is 8.55. The molecule has 0 saturated heterocycles. The second-order valence-electron chi connectivity index (χ2n) is 5.41. The topological polar surface area (TPSA) is 59.2 Å². The number of aromatic nitrogens is 1. The van der Waals surface area contributed by atoms with Crippen molar-refractivity contribution in [1.29, 1.82) is 0 Å². The summed E-state index contributed by atoms with van der Waals surface area (Å²) in [5, 5.41) is 0.453. The maximum Gasteiger partial charge on any atom is 0.349 e. The highest BCUT2D eigenvalue weighted by Crippen LogP contribution is 2.29. The zero-order chi connectivity index (χ0) is 20.6. The lowest BCUT2D eigenvalue weighted by molar-refractivity contribution is 0.0714. The van der Waals surface area contributed by atoms with E-state index in [1.54, 1.807) is 24.3 Å². The number of carbonyl (C=O) groups is 1. The molecule has 0 fully saturated rings. The standard InChI is InChI=1S/C18H7ClF5NO3/c19-8-3-1-7(2-4-8)10-6-5-9(17(26)25-10)18(27)28-16-14(23)12(21)11(20)13(22)15(16)24/h1-6H,(H,25,26). The van der Waals surface area contributed by atoms with Crippen LogP contribution in [-0.4, -0.2) is 11.0 Å². The summed E-state index contributed by atoms with van der Waals surface area (Å²) in [7, 11) is 0. The minimum absolute atomic E-state index is 0.287. The largest absolute Gasteiger partial charge is 0.416 e. The molecular weight excluding hydrogens is 409 g/mol. The van der Waals surface area contributed by atoms with Gasteiger partial charge in [0, 0.05) is 10.7 Å². The fraction of sp³-hybridized carbons (Fsp3) is 0. The molecule has 0 amide bonds. The van der Waals surface area contributed by atoms with Gasteiger partial charge in [-0.25, -0.2) is 18.0 Å². The Hall–Kier alpha value is -3.20. The number of nitrogens with one attached hydrogen (secondary N) is 1. The van der Waals surface area contributed by atoms with Gasteiger partial charge in [-0.15, -0.1) is 0 Å². The van der Waals surface area contributed by atoms with E-state index < -0.39 is 51.9 Å². The summed E-state index contributed by atoms with van der Waals surface area (Å²) in [5.74, 6) is -15.0. The second kappa shape index (κ2) is 7.43. The first-order valence-corrected chi connectivity index (χ1v) is 7.81. The number of pyridine rings is 1. The zero-order valence-electron chi connectivity index (χ0n) is 13.5. The molecule has 2 aromatic carbocycles. The average Bonchev–Trinajstić information content (AvgIpc) is 2.68. The van der Waals surface area contributed by atoms with E-state index in [-0.39, 0.29) is 5.69 Å². The molecule has 0 aliphatic heterocycles. The van der Waals surface area contributed by atoms with E-state index in [0.717, 1.165) is 6.07 Å². The summed E-state index contributed by atoms with van der Waals surface area (Å²) in [4.78, 5) is 26.4. The number of rotatable bonds is 3. The summed E-state index contributed by atoms with van der Waals surface area (Å²) in [5.41, 5.74) is -0.876. The first-order valence-electron chi connectivity index (χ1n) is 7.43. The molecule has 0 aliphatic carbocycles. The van der Waals surface area contributed by atoms with Crippen LogP contribution in [0.15, 0.2) is 41.2 Å². The van der Waals surface area contributed by atoms with Gasteiger partial charge in [-0.05, 0) is 29.8 Å². The SMILES string of the molecule is O=C(Oc1c(F)c(F)c(F)c(F)c1F)c1ccc(-c2ccc(Cl)cc2)[nH]c1=O. The van der Waals surface area contributed by atoms with Crippen LogP contribution in [0.3, 0.4) is 0 Å². The minimum atomic E-state index is -2.40. The molecule has 1 N–H and O–H groups in total. The molecule has 0 radical (unpaired) electrons. The van der Waals surface area contributed by atoms with Crippen molar-refractivity contribution in [1.82, 2.24) is 4.98 Å². The van der Waals surface area contributed by atoms with Crippen LogP contribution in [0.25, 0.3) is 11.3 Å². The molecule has 0 unspecified atom stereocenters. The van der Waals surface area contributed by atoms with Gasteiger partial charge in [0.15, 0.2) is 0 Å². The third kappa shape index (κ3) is 3.48. The molecule has 4 nitrogen and oxygen atoms in total. The van der Waals surface area contributed by atoms with E-state index in [9.17, 15) is 31.5 Å². The summed E-state index contributed by atoms with van der Waals surface area (Å²) in [6.45, 7) is 0. The molecule has 28 heavy (non-hydrogen) atoms. The van der Waals surface area contributed by atoms with Crippen LogP contribution in [-0.2, 0) is 0 Å². The van der Waals surface area contributed by atoms with Crippen molar-refractivity contribution >= 4 is 17.6 Å². The molecule has 144 valence electrons. The number of hydrogen-bond acceptors (Lipinski definition) is 3. The van der Waals surface area contributed by atoms with Crippen LogP contribution in [0.1, 0.15) is 10.4 Å². The number of aromatic amines is 1. The molecule has 1 heterocycles. The second-order valence-corrected chi connectivity index (χ2v) is 5.85. The van der Waals surface area contributed by atoms with Crippen LogP contribution < -0.4 is 10.3 Å². The van der Waals surface area contributed by atoms with Gasteiger partial charge in [-0.2, -0.15) is 8.78 Å². The molecule has 0 bridgehead atoms. The number of benzene rings is 2. The Morgan fingerprint density at radius 2 is 1.36 bits per heavy atom. The Balaban J connectivity index is 1.94. The fourth-order valence-electron chi connectivity index (χ4n) is 2.25. The van der Waals surface area contributed by atoms with E-state index >= 15 is 0 Å². The number of H-pyrrole nitrogens is 1. The van der Waals surface area contributed by atoms with Crippen LogP contribution in [0.5, 0.6) is 5.75 Å². The molecule has 0 atom stereocenters. The normalized spacial score (nSPS) is 10.8. The Morgan fingerprint density at radius 1 is 0.821 bits per heavy atom. The first-order chi connectivity index (χ1) is 13.2. The van der Waals surface area contributed by atoms with Gasteiger partial charge in [0.1, 0.15) is 5.56 Å². The maximum atomic E-state index is 13.6. The minimum Gasteiger partial charge on any atom is -0.416 e. The first kappa shape index (κ1) is 19.6. The molecule has 0 aliphatic rings. The number of hydrogen-bond donors (Lipinski definition) is 1. The third-order valence-corrected chi connectivity index (χ3v) is 3.90. The van der Waals surface area contributed by atoms with Gasteiger partial charge < -0.3 is 9.72 Å². The molecule has 1 aromatic heterocycles. The van der Waals surface area contributed by atoms with E-state index in [1.165, 1.54) is 6.07 Å². The zero-order valence-corrected chi connectivity index (χ0v) is 14.2. The van der Waals surface area contributed by atoms with Crippen molar-refractivity contribution in [3.63, 3.8) is 0 Å². The van der Waals surface area contributed by atoms with Gasteiger partial charge in [0.05, 0.1) is 0 Å². The van der Waals surface area contributed by atoms with E-state index in [2.05, 4.69) is 9.72 Å². The monoisotopic (exact) mass is 415 g/mol. The van der Waals surface area contributed by atoms with E-state index in [0.29, 0.717) is 10.6 Å². The highest BCUT2D eigenvalue weighted by atomic mass is 35.5. The van der Waals surface area contributed by atoms with Gasteiger partial charge in [-0.3, -0.25) is 4.79 Å². The van der Waals surface area contributed by atoms with Gasteiger partial charge in [0.2, 0.25) is 34.8 Å². The quantitative estimate of drug-likeness (QED) is 0.223. The lowest BCUT2D eigenvalue weighted by Gasteiger charge is -2.09. The Morgan fingerprint density at radius 3 is 1.89 bits per heavy atom. The summed E-state index contributed by atoms with van der Waals surface area (Å²) in [6.07, 6.45) is 0. The third-order valence-electron chi connectivity index (χ3n) is 3.65. The van der Waals surface area contributed by atoms with Crippen LogP contribution in [0, 0.1) is 29.1 Å². The number of carbonyl (C=O) groups excluding carboxylic acids is 1. The Bertz CT molecular complexity index is 1120. The fourth-order valence-corrected chi connectivity index (χ4v) is 2.38. The lowest BCUT2D eigenvalue weighted by Crippen LogP contribution is -2.23. The highest BCUT2D eigenvalue weighted by Gasteiger charge is 2.29. The predicted octanol–water partition coefficient (Wildman–Crippen LogP) is 4.61. The van der Waals surface area contributed by atoms with Crippen molar-refractivity contribution in [2.24, 2.45) is 0 Å². The molecule has 3 aromatic rings. The molecular formula is C18H7ClF5NO3. The number of halogens is 6. The number of esters is 1. The summed E-state index contributed by atoms with van der Waals surface area (Å²) >= 11 is 5.76. The van der Waals surface area contributed by atoms with Crippen molar-refractivity contribution < 1.29 is 31.5 Å². The van der Waals surface area contributed by atoms with Crippen LogP contribution in [0.2, 0.25) is 5.02 Å².